The summed E-state index contributed by atoms with van der Waals surface area (Å²) in [5.41, 5.74) is 11.6. The van der Waals surface area contributed by atoms with Gasteiger partial charge in [-0.15, -0.1) is 0 Å². The zero-order chi connectivity index (χ0) is 17.9. The van der Waals surface area contributed by atoms with E-state index in [1.807, 2.05) is 48.5 Å². The molecule has 2 nitrogen and oxygen atoms in total. The van der Waals surface area contributed by atoms with E-state index in [1.54, 1.807) is 0 Å². The fourth-order valence-corrected chi connectivity index (χ4v) is 2.74. The minimum Gasteiger partial charge on any atom is -0.487 e. The number of benzene rings is 3. The molecule has 0 aromatic heterocycles. The molecule has 0 atom stereocenters. The van der Waals surface area contributed by atoms with Crippen LogP contribution in [0.5, 0.6) is 5.75 Å². The third kappa shape index (κ3) is 4.21. The molecule has 0 unspecified atom stereocenters. The molecule has 3 aromatic rings. The van der Waals surface area contributed by atoms with Gasteiger partial charge in [0.15, 0.2) is 0 Å². The summed E-state index contributed by atoms with van der Waals surface area (Å²) in [5.74, 6) is 0.723. The molecule has 0 fully saturated rings. The van der Waals surface area contributed by atoms with Gasteiger partial charge in [0.2, 0.25) is 0 Å². The Morgan fingerprint density at radius 3 is 2.08 bits per heavy atom. The van der Waals surface area contributed by atoms with Crippen LogP contribution in [0.25, 0.3) is 11.1 Å². The molecular formula is C23H25NO. The standard InChI is InChI=1S/C23H25NO/c1-23(2,3)20-12-9-18(10-13-20)19-11-14-21(24)22(15-19)25-16-17-7-5-4-6-8-17/h4-15H,16,24H2,1-3H3. The highest BCUT2D eigenvalue weighted by Crippen LogP contribution is 2.31. The summed E-state index contributed by atoms with van der Waals surface area (Å²) in [6.07, 6.45) is 0. The Bertz CT molecular complexity index is 830. The van der Waals surface area contributed by atoms with Crippen LogP contribution in [-0.4, -0.2) is 0 Å². The lowest BCUT2D eigenvalue weighted by Crippen LogP contribution is -2.10. The van der Waals surface area contributed by atoms with Crippen molar-refractivity contribution < 1.29 is 4.74 Å². The lowest BCUT2D eigenvalue weighted by Gasteiger charge is -2.19. The second kappa shape index (κ2) is 7.02. The summed E-state index contributed by atoms with van der Waals surface area (Å²) in [7, 11) is 0. The first-order valence-electron chi connectivity index (χ1n) is 8.61. The van der Waals surface area contributed by atoms with E-state index < -0.39 is 0 Å². The molecular weight excluding hydrogens is 306 g/mol. The van der Waals surface area contributed by atoms with Crippen molar-refractivity contribution in [3.63, 3.8) is 0 Å². The third-order valence-electron chi connectivity index (χ3n) is 4.33. The molecule has 2 heteroatoms. The second-order valence-electron chi connectivity index (χ2n) is 7.35. The van der Waals surface area contributed by atoms with Gasteiger partial charge in [-0.1, -0.05) is 81.4 Å². The molecule has 0 amide bonds. The summed E-state index contributed by atoms with van der Waals surface area (Å²) in [5, 5.41) is 0. The Hall–Kier alpha value is -2.74. The zero-order valence-electron chi connectivity index (χ0n) is 15.1. The number of anilines is 1. The molecule has 0 aliphatic heterocycles. The van der Waals surface area contributed by atoms with E-state index >= 15 is 0 Å². The van der Waals surface area contributed by atoms with Gasteiger partial charge in [0.25, 0.3) is 0 Å². The van der Waals surface area contributed by atoms with Crippen molar-refractivity contribution >= 4 is 5.69 Å². The molecule has 0 aliphatic rings. The van der Waals surface area contributed by atoms with Crippen LogP contribution in [0.2, 0.25) is 0 Å². The first-order chi connectivity index (χ1) is 11.9. The highest BCUT2D eigenvalue weighted by Gasteiger charge is 2.13. The molecule has 128 valence electrons. The van der Waals surface area contributed by atoms with Gasteiger partial charge in [0.1, 0.15) is 12.4 Å². The Morgan fingerprint density at radius 2 is 1.44 bits per heavy atom. The van der Waals surface area contributed by atoms with Gasteiger partial charge in [0.05, 0.1) is 5.69 Å². The second-order valence-corrected chi connectivity index (χ2v) is 7.35. The monoisotopic (exact) mass is 331 g/mol. The molecule has 0 heterocycles. The van der Waals surface area contributed by atoms with Crippen molar-refractivity contribution in [2.75, 3.05) is 5.73 Å². The largest absolute Gasteiger partial charge is 0.487 e. The maximum Gasteiger partial charge on any atom is 0.143 e. The average Bonchev–Trinajstić information content (AvgIpc) is 2.61. The Labute approximate surface area is 150 Å². The van der Waals surface area contributed by atoms with Crippen molar-refractivity contribution in [2.45, 2.75) is 32.8 Å². The van der Waals surface area contributed by atoms with Crippen LogP contribution in [0.1, 0.15) is 31.9 Å². The van der Waals surface area contributed by atoms with Crippen LogP contribution in [-0.2, 0) is 12.0 Å². The third-order valence-corrected chi connectivity index (χ3v) is 4.33. The smallest absolute Gasteiger partial charge is 0.143 e. The molecule has 0 radical (unpaired) electrons. The van der Waals surface area contributed by atoms with E-state index in [-0.39, 0.29) is 5.41 Å². The predicted octanol–water partition coefficient (Wildman–Crippen LogP) is 5.81. The molecule has 3 aromatic carbocycles. The number of nitrogen functional groups attached to an aromatic ring is 1. The number of hydrogen-bond donors (Lipinski definition) is 1. The molecule has 0 saturated carbocycles. The Kier molecular flexibility index (Phi) is 4.80. The topological polar surface area (TPSA) is 35.2 Å². The van der Waals surface area contributed by atoms with Crippen molar-refractivity contribution in [1.82, 2.24) is 0 Å². The van der Waals surface area contributed by atoms with Crippen molar-refractivity contribution in [2.24, 2.45) is 0 Å². The average molecular weight is 331 g/mol. The lowest BCUT2D eigenvalue weighted by molar-refractivity contribution is 0.308. The highest BCUT2D eigenvalue weighted by atomic mass is 16.5. The maximum absolute atomic E-state index is 6.09. The van der Waals surface area contributed by atoms with Crippen LogP contribution in [0.15, 0.2) is 72.8 Å². The van der Waals surface area contributed by atoms with Gasteiger partial charge in [-0.2, -0.15) is 0 Å². The number of rotatable bonds is 4. The van der Waals surface area contributed by atoms with Crippen LogP contribution < -0.4 is 10.5 Å². The normalized spacial score (nSPS) is 11.3. The first-order valence-corrected chi connectivity index (χ1v) is 8.61. The minimum atomic E-state index is 0.156. The van der Waals surface area contributed by atoms with Crippen LogP contribution in [0.3, 0.4) is 0 Å². The summed E-state index contributed by atoms with van der Waals surface area (Å²) < 4.78 is 5.94. The minimum absolute atomic E-state index is 0.156. The van der Waals surface area contributed by atoms with E-state index in [0.29, 0.717) is 12.3 Å². The maximum atomic E-state index is 6.09. The summed E-state index contributed by atoms with van der Waals surface area (Å²) in [4.78, 5) is 0. The number of nitrogens with two attached hydrogens (primary N) is 1. The molecule has 0 spiro atoms. The van der Waals surface area contributed by atoms with E-state index in [0.717, 1.165) is 22.4 Å². The first kappa shape index (κ1) is 17.1. The summed E-state index contributed by atoms with van der Waals surface area (Å²) in [6.45, 7) is 7.18. The molecule has 3 rings (SSSR count). The summed E-state index contributed by atoms with van der Waals surface area (Å²) >= 11 is 0. The Morgan fingerprint density at radius 1 is 0.800 bits per heavy atom. The van der Waals surface area contributed by atoms with Gasteiger partial charge in [0, 0.05) is 0 Å². The molecule has 0 aliphatic carbocycles. The van der Waals surface area contributed by atoms with Crippen LogP contribution in [0, 0.1) is 0 Å². The van der Waals surface area contributed by atoms with Gasteiger partial charge < -0.3 is 10.5 Å². The summed E-state index contributed by atoms with van der Waals surface area (Å²) in [6, 6.07) is 24.8. The van der Waals surface area contributed by atoms with Gasteiger partial charge in [-0.05, 0) is 39.8 Å². The van der Waals surface area contributed by atoms with Gasteiger partial charge >= 0.3 is 0 Å². The van der Waals surface area contributed by atoms with E-state index in [1.165, 1.54) is 5.56 Å². The van der Waals surface area contributed by atoms with Crippen molar-refractivity contribution in [3.05, 3.63) is 83.9 Å². The Balaban J connectivity index is 1.81. The SMILES string of the molecule is CC(C)(C)c1ccc(-c2ccc(N)c(OCc3ccccc3)c2)cc1. The van der Waals surface area contributed by atoms with E-state index in [2.05, 4.69) is 45.0 Å². The quantitative estimate of drug-likeness (QED) is 0.612. The number of hydrogen-bond acceptors (Lipinski definition) is 2. The molecule has 0 bridgehead atoms. The van der Waals surface area contributed by atoms with Gasteiger partial charge in [-0.3, -0.25) is 0 Å². The van der Waals surface area contributed by atoms with Gasteiger partial charge in [-0.25, -0.2) is 0 Å². The van der Waals surface area contributed by atoms with Crippen LogP contribution >= 0.6 is 0 Å². The number of ether oxygens (including phenoxy) is 1. The molecule has 25 heavy (non-hydrogen) atoms. The van der Waals surface area contributed by atoms with E-state index in [9.17, 15) is 0 Å². The van der Waals surface area contributed by atoms with Crippen molar-refractivity contribution in [3.8, 4) is 16.9 Å². The van der Waals surface area contributed by atoms with Crippen LogP contribution in [0.4, 0.5) is 5.69 Å². The lowest BCUT2D eigenvalue weighted by atomic mass is 9.86. The highest BCUT2D eigenvalue weighted by molar-refractivity contribution is 5.70. The fourth-order valence-electron chi connectivity index (χ4n) is 2.74. The predicted molar refractivity (Wildman–Crippen MR) is 106 cm³/mol. The fraction of sp³-hybridized carbons (Fsp3) is 0.217. The molecule has 2 N–H and O–H groups in total. The molecule has 0 saturated heterocycles. The van der Waals surface area contributed by atoms with E-state index in [4.69, 9.17) is 10.5 Å². The van der Waals surface area contributed by atoms with Crippen molar-refractivity contribution in [1.29, 1.82) is 0 Å². The zero-order valence-corrected chi connectivity index (χ0v) is 15.1.